The third kappa shape index (κ3) is 5.31. The van der Waals surface area contributed by atoms with Crippen molar-refractivity contribution in [1.29, 1.82) is 5.41 Å². The number of pyridine rings is 1. The van der Waals surface area contributed by atoms with Crippen molar-refractivity contribution in [2.75, 3.05) is 14.2 Å². The average Bonchev–Trinajstić information content (AvgIpc) is 3.46. The van der Waals surface area contributed by atoms with E-state index >= 15 is 0 Å². The second-order valence-electron chi connectivity index (χ2n) is 6.22. The highest BCUT2D eigenvalue weighted by molar-refractivity contribution is 5.94. The lowest BCUT2D eigenvalue weighted by atomic mass is 10.1. The maximum absolute atomic E-state index is 10.7. The minimum absolute atomic E-state index is 0.390. The highest BCUT2D eigenvalue weighted by Gasteiger charge is 2.24. The van der Waals surface area contributed by atoms with Crippen LogP contribution in [-0.4, -0.2) is 31.3 Å². The summed E-state index contributed by atoms with van der Waals surface area (Å²) in [4.78, 5) is 14.7. The molecule has 3 N–H and O–H groups in total. The molecule has 138 valence electrons. The molecule has 6 nitrogen and oxygen atoms in total. The first-order valence-electron chi connectivity index (χ1n) is 8.47. The molecule has 1 aromatic carbocycles. The summed E-state index contributed by atoms with van der Waals surface area (Å²) in [6, 6.07) is 9.05. The summed E-state index contributed by atoms with van der Waals surface area (Å²) >= 11 is 0. The second kappa shape index (κ2) is 8.99. The van der Waals surface area contributed by atoms with Crippen LogP contribution in [-0.2, 0) is 6.42 Å². The van der Waals surface area contributed by atoms with Crippen molar-refractivity contribution in [3.8, 4) is 11.5 Å². The van der Waals surface area contributed by atoms with Gasteiger partial charge in [0, 0.05) is 23.0 Å². The minimum atomic E-state index is -0.497. The lowest BCUT2D eigenvalue weighted by molar-refractivity contribution is 0.1000. The number of amides is 1. The zero-order valence-corrected chi connectivity index (χ0v) is 15.4. The van der Waals surface area contributed by atoms with E-state index in [0.29, 0.717) is 17.0 Å². The number of rotatable bonds is 6. The minimum Gasteiger partial charge on any atom is -0.496 e. The quantitative estimate of drug-likeness (QED) is 0.778. The van der Waals surface area contributed by atoms with Crippen LogP contribution in [0.5, 0.6) is 11.5 Å². The van der Waals surface area contributed by atoms with Crippen LogP contribution < -0.4 is 15.2 Å². The Kier molecular flexibility index (Phi) is 6.72. The van der Waals surface area contributed by atoms with E-state index in [9.17, 15) is 4.79 Å². The third-order valence-electron chi connectivity index (χ3n) is 4.13. The maximum Gasteiger partial charge on any atom is 0.248 e. The van der Waals surface area contributed by atoms with Gasteiger partial charge in [-0.05, 0) is 56.4 Å². The molecular weight excluding hydrogens is 330 g/mol. The smallest absolute Gasteiger partial charge is 0.248 e. The third-order valence-corrected chi connectivity index (χ3v) is 4.13. The maximum atomic E-state index is 10.7. The number of ether oxygens (including phenoxy) is 2. The normalized spacial score (nSPS) is 12.6. The molecule has 2 aromatic rings. The molecule has 26 heavy (non-hydrogen) atoms. The first kappa shape index (κ1) is 19.4. The molecule has 0 unspecified atom stereocenters. The highest BCUT2D eigenvalue weighted by Crippen LogP contribution is 2.38. The summed E-state index contributed by atoms with van der Waals surface area (Å²) < 4.78 is 10.7. The molecule has 0 spiro atoms. The Morgan fingerprint density at radius 2 is 1.88 bits per heavy atom. The molecule has 0 bridgehead atoms. The van der Waals surface area contributed by atoms with Crippen molar-refractivity contribution in [3.63, 3.8) is 0 Å². The van der Waals surface area contributed by atoms with Crippen LogP contribution in [0.4, 0.5) is 0 Å². The van der Waals surface area contributed by atoms with Crippen molar-refractivity contribution < 1.29 is 14.3 Å². The SMILES string of the molecule is COc1cccc(OC)c1CC1CC1.Cc1cc(C(N)=O)cc(C=N)n1. The standard InChI is InChI=1S/C12H16O2.C8H9N3O/c1-13-11-4-3-5-12(14-2)10(11)8-9-6-7-9;1-5-2-6(8(10)12)3-7(4-9)11-5/h3-5,9H,6-8H2,1-2H3;2-4,9H,1H3,(H2,10,12). The molecule has 1 amide bonds. The van der Waals surface area contributed by atoms with E-state index < -0.39 is 5.91 Å². The van der Waals surface area contributed by atoms with Crippen LogP contribution in [0.3, 0.4) is 0 Å². The molecule has 1 aromatic heterocycles. The van der Waals surface area contributed by atoms with Crippen molar-refractivity contribution in [1.82, 2.24) is 4.98 Å². The fourth-order valence-electron chi connectivity index (χ4n) is 2.65. The number of nitrogens with one attached hydrogen (secondary N) is 1. The summed E-state index contributed by atoms with van der Waals surface area (Å²) in [5.41, 5.74) is 7.81. The number of hydrogen-bond donors (Lipinski definition) is 2. The molecule has 0 saturated heterocycles. The Hall–Kier alpha value is -2.89. The summed E-state index contributed by atoms with van der Waals surface area (Å²) in [7, 11) is 3.43. The number of primary amides is 1. The van der Waals surface area contributed by atoms with E-state index in [1.54, 1.807) is 27.2 Å². The van der Waals surface area contributed by atoms with Gasteiger partial charge in [-0.15, -0.1) is 0 Å². The van der Waals surface area contributed by atoms with Crippen LogP contribution in [0.15, 0.2) is 30.3 Å². The van der Waals surface area contributed by atoms with Gasteiger partial charge in [0.05, 0.1) is 19.9 Å². The van der Waals surface area contributed by atoms with Crippen molar-refractivity contribution in [2.24, 2.45) is 11.7 Å². The molecule has 1 fully saturated rings. The molecule has 0 radical (unpaired) electrons. The molecule has 1 heterocycles. The Balaban J connectivity index is 0.000000190. The van der Waals surface area contributed by atoms with Crippen LogP contribution in [0.2, 0.25) is 0 Å². The van der Waals surface area contributed by atoms with Gasteiger partial charge in [0.2, 0.25) is 5.91 Å². The monoisotopic (exact) mass is 355 g/mol. The van der Waals surface area contributed by atoms with Crippen molar-refractivity contribution in [3.05, 3.63) is 52.8 Å². The van der Waals surface area contributed by atoms with E-state index in [-0.39, 0.29) is 0 Å². The predicted octanol–water partition coefficient (Wildman–Crippen LogP) is 3.14. The molecule has 6 heteroatoms. The van der Waals surface area contributed by atoms with Gasteiger partial charge in [-0.3, -0.25) is 9.78 Å². The van der Waals surface area contributed by atoms with E-state index in [2.05, 4.69) is 4.98 Å². The second-order valence-corrected chi connectivity index (χ2v) is 6.22. The topological polar surface area (TPSA) is 98.3 Å². The van der Waals surface area contributed by atoms with Crippen LogP contribution >= 0.6 is 0 Å². The first-order chi connectivity index (χ1) is 12.5. The van der Waals surface area contributed by atoms with E-state index in [1.807, 2.05) is 18.2 Å². The summed E-state index contributed by atoms with van der Waals surface area (Å²) in [6.07, 6.45) is 4.87. The lowest BCUT2D eigenvalue weighted by Gasteiger charge is -2.12. The molecule has 1 aliphatic carbocycles. The number of methoxy groups -OCH3 is 2. The highest BCUT2D eigenvalue weighted by atomic mass is 16.5. The van der Waals surface area contributed by atoms with Crippen LogP contribution in [0.1, 0.15) is 40.2 Å². The molecule has 3 rings (SSSR count). The largest absolute Gasteiger partial charge is 0.496 e. The van der Waals surface area contributed by atoms with E-state index in [1.165, 1.54) is 24.5 Å². The Bertz CT molecular complexity index is 764. The number of nitrogens with two attached hydrogens (primary N) is 1. The number of carbonyl (C=O) groups excluding carboxylic acids is 1. The van der Waals surface area contributed by atoms with Crippen LogP contribution in [0.25, 0.3) is 0 Å². The van der Waals surface area contributed by atoms with Gasteiger partial charge >= 0.3 is 0 Å². The number of benzene rings is 1. The van der Waals surface area contributed by atoms with Crippen molar-refractivity contribution >= 4 is 12.1 Å². The van der Waals surface area contributed by atoms with E-state index in [4.69, 9.17) is 20.6 Å². The molecule has 1 saturated carbocycles. The Labute approximate surface area is 153 Å². The van der Waals surface area contributed by atoms with Gasteiger partial charge in [0.15, 0.2) is 0 Å². The fourth-order valence-corrected chi connectivity index (χ4v) is 2.65. The zero-order valence-electron chi connectivity index (χ0n) is 15.4. The Morgan fingerprint density at radius 1 is 1.27 bits per heavy atom. The zero-order chi connectivity index (χ0) is 19.1. The van der Waals surface area contributed by atoms with E-state index in [0.717, 1.165) is 30.1 Å². The summed E-state index contributed by atoms with van der Waals surface area (Å²) in [5, 5.41) is 6.94. The summed E-state index contributed by atoms with van der Waals surface area (Å²) in [6.45, 7) is 1.75. The molecule has 1 aliphatic rings. The van der Waals surface area contributed by atoms with Crippen molar-refractivity contribution in [2.45, 2.75) is 26.2 Å². The van der Waals surface area contributed by atoms with Gasteiger partial charge in [-0.2, -0.15) is 0 Å². The molecule has 0 aliphatic heterocycles. The first-order valence-corrected chi connectivity index (χ1v) is 8.47. The van der Waals surface area contributed by atoms with Gasteiger partial charge in [0.1, 0.15) is 11.5 Å². The van der Waals surface area contributed by atoms with Crippen LogP contribution in [0, 0.1) is 18.3 Å². The van der Waals surface area contributed by atoms with Gasteiger partial charge in [-0.25, -0.2) is 0 Å². The number of nitrogens with zero attached hydrogens (tertiary/aromatic N) is 1. The average molecular weight is 355 g/mol. The van der Waals surface area contributed by atoms with Gasteiger partial charge < -0.3 is 20.6 Å². The number of hydrogen-bond acceptors (Lipinski definition) is 5. The Morgan fingerprint density at radius 3 is 2.35 bits per heavy atom. The number of aromatic nitrogens is 1. The number of aryl methyl sites for hydroxylation is 1. The number of carbonyl (C=O) groups is 1. The fraction of sp³-hybridized carbons (Fsp3) is 0.350. The van der Waals surface area contributed by atoms with Gasteiger partial charge in [0.25, 0.3) is 0 Å². The molecule has 0 atom stereocenters. The predicted molar refractivity (Wildman–Crippen MR) is 101 cm³/mol. The summed E-state index contributed by atoms with van der Waals surface area (Å²) in [5.74, 6) is 2.26. The lowest BCUT2D eigenvalue weighted by Crippen LogP contribution is -2.12. The van der Waals surface area contributed by atoms with Gasteiger partial charge in [-0.1, -0.05) is 6.07 Å². The molecular formula is C20H25N3O3.